The molecule has 1 aromatic rings. The Bertz CT molecular complexity index is 341. The molecule has 0 bridgehead atoms. The van der Waals surface area contributed by atoms with Gasteiger partial charge in [0.25, 0.3) is 0 Å². The molecule has 2 atom stereocenters. The van der Waals surface area contributed by atoms with Crippen LogP contribution in [0.15, 0.2) is 33.6 Å². The lowest BCUT2D eigenvalue weighted by Crippen LogP contribution is -2.15. The lowest BCUT2D eigenvalue weighted by Gasteiger charge is -2.05. The molecule has 0 saturated heterocycles. The number of halogens is 1. The fourth-order valence-corrected chi connectivity index (χ4v) is 2.97. The van der Waals surface area contributed by atoms with Gasteiger partial charge >= 0.3 is 0 Å². The standard InChI is InChI=1S/C11H16BrNOS/c1-9(13)4-3-7-15(14)11-6-2-5-10(12)8-11/h2,5-6,8-9H,3-4,7,13H2,1H3. The smallest absolute Gasteiger partial charge is 0.0529 e. The molecule has 0 radical (unpaired) electrons. The summed E-state index contributed by atoms with van der Waals surface area (Å²) in [6.45, 7) is 1.97. The predicted octanol–water partition coefficient (Wildman–Crippen LogP) is 2.68. The average molecular weight is 290 g/mol. The number of nitrogens with two attached hydrogens (primary N) is 1. The van der Waals surface area contributed by atoms with Crippen molar-refractivity contribution < 1.29 is 4.21 Å². The number of hydrogen-bond acceptors (Lipinski definition) is 2. The fraction of sp³-hybridized carbons (Fsp3) is 0.455. The second-order valence-electron chi connectivity index (χ2n) is 3.63. The van der Waals surface area contributed by atoms with Gasteiger partial charge < -0.3 is 5.73 Å². The Morgan fingerprint density at radius 3 is 2.87 bits per heavy atom. The zero-order chi connectivity index (χ0) is 11.3. The molecule has 0 amide bonds. The maximum absolute atomic E-state index is 11.8. The molecule has 0 aliphatic rings. The van der Waals surface area contributed by atoms with Gasteiger partial charge in [-0.25, -0.2) is 0 Å². The summed E-state index contributed by atoms with van der Waals surface area (Å²) in [4.78, 5) is 0.883. The van der Waals surface area contributed by atoms with Gasteiger partial charge in [-0.05, 0) is 38.0 Å². The van der Waals surface area contributed by atoms with Gasteiger partial charge in [-0.2, -0.15) is 0 Å². The largest absolute Gasteiger partial charge is 0.328 e. The molecule has 0 saturated carbocycles. The second-order valence-corrected chi connectivity index (χ2v) is 6.11. The minimum absolute atomic E-state index is 0.199. The normalized spacial score (nSPS) is 14.9. The Labute approximate surface area is 102 Å². The van der Waals surface area contributed by atoms with Crippen molar-refractivity contribution >= 4 is 26.7 Å². The maximum Gasteiger partial charge on any atom is 0.0529 e. The van der Waals surface area contributed by atoms with Crippen LogP contribution in [-0.2, 0) is 10.8 Å². The average Bonchev–Trinajstić information content (AvgIpc) is 2.17. The SMILES string of the molecule is CC(N)CCCS(=O)c1cccc(Br)c1. The van der Waals surface area contributed by atoms with E-state index in [0.29, 0.717) is 5.75 Å². The van der Waals surface area contributed by atoms with E-state index in [2.05, 4.69) is 15.9 Å². The molecule has 0 fully saturated rings. The molecule has 2 unspecified atom stereocenters. The van der Waals surface area contributed by atoms with Gasteiger partial charge in [0.05, 0.1) is 10.8 Å². The Balaban J connectivity index is 2.47. The highest BCUT2D eigenvalue weighted by molar-refractivity contribution is 9.10. The van der Waals surface area contributed by atoms with Gasteiger partial charge in [0.1, 0.15) is 0 Å². The monoisotopic (exact) mass is 289 g/mol. The van der Waals surface area contributed by atoms with E-state index in [0.717, 1.165) is 22.2 Å². The summed E-state index contributed by atoms with van der Waals surface area (Å²) in [5, 5.41) is 0. The topological polar surface area (TPSA) is 43.1 Å². The second kappa shape index (κ2) is 6.40. The Morgan fingerprint density at radius 2 is 2.27 bits per heavy atom. The molecule has 0 spiro atoms. The van der Waals surface area contributed by atoms with Gasteiger partial charge in [-0.3, -0.25) is 4.21 Å². The summed E-state index contributed by atoms with van der Waals surface area (Å²) < 4.78 is 12.8. The first-order chi connectivity index (χ1) is 7.09. The van der Waals surface area contributed by atoms with E-state index >= 15 is 0 Å². The van der Waals surface area contributed by atoms with Crippen LogP contribution >= 0.6 is 15.9 Å². The molecule has 15 heavy (non-hydrogen) atoms. The Morgan fingerprint density at radius 1 is 1.53 bits per heavy atom. The van der Waals surface area contributed by atoms with Crippen LogP contribution in [0.2, 0.25) is 0 Å². The van der Waals surface area contributed by atoms with Gasteiger partial charge in [0, 0.05) is 21.2 Å². The molecule has 4 heteroatoms. The van der Waals surface area contributed by atoms with E-state index in [9.17, 15) is 4.21 Å². The lowest BCUT2D eigenvalue weighted by atomic mass is 10.2. The van der Waals surface area contributed by atoms with Crippen molar-refractivity contribution in [1.82, 2.24) is 0 Å². The van der Waals surface area contributed by atoms with E-state index in [-0.39, 0.29) is 6.04 Å². The van der Waals surface area contributed by atoms with E-state index in [4.69, 9.17) is 5.73 Å². The van der Waals surface area contributed by atoms with Crippen molar-refractivity contribution in [2.75, 3.05) is 5.75 Å². The fourth-order valence-electron chi connectivity index (χ4n) is 1.26. The molecule has 1 rings (SSSR count). The van der Waals surface area contributed by atoms with Crippen LogP contribution in [-0.4, -0.2) is 16.0 Å². The van der Waals surface area contributed by atoms with Crippen molar-refractivity contribution in [2.24, 2.45) is 5.73 Å². The molecule has 2 nitrogen and oxygen atoms in total. The van der Waals surface area contributed by atoms with Crippen LogP contribution in [0.25, 0.3) is 0 Å². The molecular weight excluding hydrogens is 274 g/mol. The number of benzene rings is 1. The Hall–Kier alpha value is -0.190. The summed E-state index contributed by atoms with van der Waals surface area (Å²) in [7, 11) is -0.896. The highest BCUT2D eigenvalue weighted by Crippen LogP contribution is 2.15. The summed E-state index contributed by atoms with van der Waals surface area (Å²) >= 11 is 3.37. The minimum atomic E-state index is -0.896. The molecule has 0 heterocycles. The predicted molar refractivity (Wildman–Crippen MR) is 68.3 cm³/mol. The van der Waals surface area contributed by atoms with Crippen LogP contribution in [0.3, 0.4) is 0 Å². The molecule has 2 N–H and O–H groups in total. The van der Waals surface area contributed by atoms with Crippen LogP contribution in [0, 0.1) is 0 Å². The van der Waals surface area contributed by atoms with Crippen LogP contribution in [0.1, 0.15) is 19.8 Å². The van der Waals surface area contributed by atoms with Crippen molar-refractivity contribution in [1.29, 1.82) is 0 Å². The van der Waals surface area contributed by atoms with Gasteiger partial charge in [0.15, 0.2) is 0 Å². The molecule has 1 aromatic carbocycles. The Kier molecular flexibility index (Phi) is 5.50. The first kappa shape index (κ1) is 12.9. The lowest BCUT2D eigenvalue weighted by molar-refractivity contribution is 0.644. The summed E-state index contributed by atoms with van der Waals surface area (Å²) in [6.07, 6.45) is 1.84. The first-order valence-corrected chi connectivity index (χ1v) is 7.10. The highest BCUT2D eigenvalue weighted by atomic mass is 79.9. The van der Waals surface area contributed by atoms with Crippen LogP contribution < -0.4 is 5.73 Å². The zero-order valence-corrected chi connectivity index (χ0v) is 11.2. The molecule has 84 valence electrons. The minimum Gasteiger partial charge on any atom is -0.328 e. The van der Waals surface area contributed by atoms with E-state index in [1.54, 1.807) is 0 Å². The van der Waals surface area contributed by atoms with Gasteiger partial charge in [-0.1, -0.05) is 22.0 Å². The quantitative estimate of drug-likeness (QED) is 0.906. The maximum atomic E-state index is 11.8. The van der Waals surface area contributed by atoms with Crippen molar-refractivity contribution in [2.45, 2.75) is 30.7 Å². The van der Waals surface area contributed by atoms with Crippen LogP contribution in [0.4, 0.5) is 0 Å². The first-order valence-electron chi connectivity index (χ1n) is 4.99. The highest BCUT2D eigenvalue weighted by Gasteiger charge is 2.04. The van der Waals surface area contributed by atoms with E-state index in [1.807, 2.05) is 31.2 Å². The van der Waals surface area contributed by atoms with Crippen molar-refractivity contribution in [3.63, 3.8) is 0 Å². The third-order valence-corrected chi connectivity index (χ3v) is 3.98. The van der Waals surface area contributed by atoms with E-state index < -0.39 is 10.8 Å². The zero-order valence-electron chi connectivity index (χ0n) is 8.78. The van der Waals surface area contributed by atoms with Gasteiger partial charge in [0.2, 0.25) is 0 Å². The number of hydrogen-bond donors (Lipinski definition) is 1. The third-order valence-electron chi connectivity index (χ3n) is 2.05. The summed E-state index contributed by atoms with van der Waals surface area (Å²) in [5.74, 6) is 0.692. The number of rotatable bonds is 5. The summed E-state index contributed by atoms with van der Waals surface area (Å²) in [5.41, 5.74) is 5.63. The molecular formula is C11H16BrNOS. The molecule has 0 aromatic heterocycles. The molecule has 0 aliphatic carbocycles. The van der Waals surface area contributed by atoms with Crippen LogP contribution in [0.5, 0.6) is 0 Å². The molecule has 0 aliphatic heterocycles. The summed E-state index contributed by atoms with van der Waals surface area (Å²) in [6, 6.07) is 7.84. The van der Waals surface area contributed by atoms with Gasteiger partial charge in [-0.15, -0.1) is 0 Å². The third kappa shape index (κ3) is 4.91. The van der Waals surface area contributed by atoms with Crippen molar-refractivity contribution in [3.8, 4) is 0 Å². The van der Waals surface area contributed by atoms with Crippen molar-refractivity contribution in [3.05, 3.63) is 28.7 Å². The van der Waals surface area contributed by atoms with E-state index in [1.165, 1.54) is 0 Å².